The zero-order valence-electron chi connectivity index (χ0n) is 11.8. The molecule has 0 atom stereocenters. The number of nitrogen functional groups attached to an aromatic ring is 1. The van der Waals surface area contributed by atoms with Gasteiger partial charge in [0, 0.05) is 11.9 Å². The van der Waals surface area contributed by atoms with E-state index >= 15 is 0 Å². The molecule has 0 radical (unpaired) electrons. The topological polar surface area (TPSA) is 82.5 Å². The van der Waals surface area contributed by atoms with Crippen molar-refractivity contribution < 1.29 is 0 Å². The highest BCUT2D eigenvalue weighted by Gasteiger charge is 2.15. The summed E-state index contributed by atoms with van der Waals surface area (Å²) in [4.78, 5) is 17.0. The maximum absolute atomic E-state index is 5.97. The highest BCUT2D eigenvalue weighted by molar-refractivity contribution is 5.90. The largest absolute Gasteiger partial charge is 0.383 e. The minimum Gasteiger partial charge on any atom is -0.383 e. The summed E-state index contributed by atoms with van der Waals surface area (Å²) in [5.41, 5.74) is 10.0. The van der Waals surface area contributed by atoms with Crippen molar-refractivity contribution in [3.05, 3.63) is 41.4 Å². The molecule has 20 heavy (non-hydrogen) atoms. The third-order valence-electron chi connectivity index (χ3n) is 3.59. The van der Waals surface area contributed by atoms with Crippen molar-refractivity contribution in [2.24, 2.45) is 0 Å². The fourth-order valence-electron chi connectivity index (χ4n) is 2.44. The summed E-state index contributed by atoms with van der Waals surface area (Å²) in [6.45, 7) is 6.63. The van der Waals surface area contributed by atoms with E-state index in [4.69, 9.17) is 5.73 Å². The summed E-state index contributed by atoms with van der Waals surface area (Å²) < 4.78 is 2.12. The SMILES string of the molecule is Cc1nccc(Cn2c(C)c(C)c3c(N)ncnc32)n1. The Kier molecular flexibility index (Phi) is 2.85. The molecule has 3 aromatic heterocycles. The van der Waals surface area contributed by atoms with Crippen LogP contribution < -0.4 is 5.73 Å². The average Bonchev–Trinajstić information content (AvgIpc) is 2.65. The van der Waals surface area contributed by atoms with Crippen LogP contribution in [0.15, 0.2) is 18.6 Å². The molecule has 3 rings (SSSR count). The van der Waals surface area contributed by atoms with E-state index in [2.05, 4.69) is 31.4 Å². The summed E-state index contributed by atoms with van der Waals surface area (Å²) in [5, 5.41) is 0.927. The van der Waals surface area contributed by atoms with Gasteiger partial charge < -0.3 is 10.3 Å². The second kappa shape index (κ2) is 4.56. The second-order valence-corrected chi connectivity index (χ2v) is 4.85. The van der Waals surface area contributed by atoms with E-state index in [-0.39, 0.29) is 0 Å². The van der Waals surface area contributed by atoms with Crippen molar-refractivity contribution in [3.8, 4) is 0 Å². The Morgan fingerprint density at radius 3 is 2.70 bits per heavy atom. The highest BCUT2D eigenvalue weighted by atomic mass is 15.1. The number of anilines is 1. The number of nitrogens with two attached hydrogens (primary N) is 1. The molecule has 0 aliphatic carbocycles. The molecule has 0 spiro atoms. The number of fused-ring (bicyclic) bond motifs is 1. The van der Waals surface area contributed by atoms with E-state index in [1.165, 1.54) is 6.33 Å². The van der Waals surface area contributed by atoms with Crippen LogP contribution in [0.5, 0.6) is 0 Å². The van der Waals surface area contributed by atoms with Gasteiger partial charge in [0.15, 0.2) is 0 Å². The molecule has 0 unspecified atom stereocenters. The molecular formula is C14H16N6. The molecule has 0 saturated carbocycles. The van der Waals surface area contributed by atoms with Crippen molar-refractivity contribution in [3.63, 3.8) is 0 Å². The minimum atomic E-state index is 0.521. The second-order valence-electron chi connectivity index (χ2n) is 4.85. The van der Waals surface area contributed by atoms with E-state index in [1.54, 1.807) is 6.20 Å². The lowest BCUT2D eigenvalue weighted by Gasteiger charge is -2.07. The van der Waals surface area contributed by atoms with Crippen LogP contribution in [-0.4, -0.2) is 24.5 Å². The first-order valence-corrected chi connectivity index (χ1v) is 6.42. The molecule has 3 aromatic rings. The van der Waals surface area contributed by atoms with Gasteiger partial charge in [0.1, 0.15) is 23.6 Å². The van der Waals surface area contributed by atoms with Gasteiger partial charge in [0.25, 0.3) is 0 Å². The lowest BCUT2D eigenvalue weighted by atomic mass is 10.2. The third-order valence-corrected chi connectivity index (χ3v) is 3.59. The maximum atomic E-state index is 5.97. The Morgan fingerprint density at radius 1 is 1.15 bits per heavy atom. The van der Waals surface area contributed by atoms with Gasteiger partial charge >= 0.3 is 0 Å². The Hall–Kier alpha value is -2.50. The van der Waals surface area contributed by atoms with Crippen molar-refractivity contribution in [1.82, 2.24) is 24.5 Å². The van der Waals surface area contributed by atoms with Crippen molar-refractivity contribution in [2.75, 3.05) is 5.73 Å². The summed E-state index contributed by atoms with van der Waals surface area (Å²) in [7, 11) is 0. The molecule has 6 heteroatoms. The van der Waals surface area contributed by atoms with E-state index < -0.39 is 0 Å². The molecule has 0 aliphatic rings. The van der Waals surface area contributed by atoms with Crippen molar-refractivity contribution >= 4 is 16.9 Å². The molecule has 0 fully saturated rings. The van der Waals surface area contributed by atoms with Gasteiger partial charge in [-0.2, -0.15) is 0 Å². The highest BCUT2D eigenvalue weighted by Crippen LogP contribution is 2.27. The van der Waals surface area contributed by atoms with Crippen LogP contribution in [-0.2, 0) is 6.54 Å². The number of rotatable bonds is 2. The zero-order chi connectivity index (χ0) is 14.3. The van der Waals surface area contributed by atoms with Crippen LogP contribution in [0.2, 0.25) is 0 Å². The molecule has 0 aliphatic heterocycles. The Bertz CT molecular complexity index is 790. The van der Waals surface area contributed by atoms with Crippen LogP contribution in [0, 0.1) is 20.8 Å². The Morgan fingerprint density at radius 2 is 1.95 bits per heavy atom. The lowest BCUT2D eigenvalue weighted by Crippen LogP contribution is -2.06. The molecule has 102 valence electrons. The fourth-order valence-corrected chi connectivity index (χ4v) is 2.44. The number of aromatic nitrogens is 5. The maximum Gasteiger partial charge on any atom is 0.146 e. The number of aryl methyl sites for hydroxylation is 2. The van der Waals surface area contributed by atoms with Gasteiger partial charge in [-0.3, -0.25) is 0 Å². The molecule has 0 saturated heterocycles. The summed E-state index contributed by atoms with van der Waals surface area (Å²) >= 11 is 0. The quantitative estimate of drug-likeness (QED) is 0.766. The first-order valence-electron chi connectivity index (χ1n) is 6.42. The number of hydrogen-bond acceptors (Lipinski definition) is 5. The lowest BCUT2D eigenvalue weighted by molar-refractivity contribution is 0.758. The molecule has 0 amide bonds. The molecule has 3 heterocycles. The van der Waals surface area contributed by atoms with E-state index in [0.29, 0.717) is 12.4 Å². The molecule has 6 nitrogen and oxygen atoms in total. The predicted octanol–water partition coefficient (Wildman–Crippen LogP) is 1.78. The molecule has 0 aromatic carbocycles. The molecular weight excluding hydrogens is 252 g/mol. The first kappa shape index (κ1) is 12.5. The third kappa shape index (κ3) is 1.89. The normalized spacial score (nSPS) is 11.2. The summed E-state index contributed by atoms with van der Waals surface area (Å²) in [5.74, 6) is 1.29. The first-order chi connectivity index (χ1) is 9.58. The van der Waals surface area contributed by atoms with Gasteiger partial charge in [-0.15, -0.1) is 0 Å². The monoisotopic (exact) mass is 268 g/mol. The van der Waals surface area contributed by atoms with Gasteiger partial charge in [-0.05, 0) is 32.4 Å². The number of hydrogen-bond donors (Lipinski definition) is 1. The smallest absolute Gasteiger partial charge is 0.146 e. The van der Waals surface area contributed by atoms with E-state index in [1.807, 2.05) is 19.9 Å². The van der Waals surface area contributed by atoms with Crippen LogP contribution >= 0.6 is 0 Å². The van der Waals surface area contributed by atoms with Crippen LogP contribution in [0.25, 0.3) is 11.0 Å². The van der Waals surface area contributed by atoms with Gasteiger partial charge in [-0.25, -0.2) is 19.9 Å². The zero-order valence-corrected chi connectivity index (χ0v) is 11.8. The van der Waals surface area contributed by atoms with Crippen LogP contribution in [0.1, 0.15) is 22.8 Å². The van der Waals surface area contributed by atoms with Gasteiger partial charge in [0.2, 0.25) is 0 Å². The Balaban J connectivity index is 2.17. The van der Waals surface area contributed by atoms with E-state index in [9.17, 15) is 0 Å². The standard InChI is InChI=1S/C14H16N6/c1-8-9(2)20(6-11-4-5-16-10(3)19-11)14-12(8)13(15)17-7-18-14/h4-5,7H,6H2,1-3H3,(H2,15,17,18). The number of nitrogens with zero attached hydrogens (tertiary/aromatic N) is 5. The predicted molar refractivity (Wildman–Crippen MR) is 77.3 cm³/mol. The summed E-state index contributed by atoms with van der Waals surface area (Å²) in [6, 6.07) is 1.91. The van der Waals surface area contributed by atoms with Crippen LogP contribution in [0.4, 0.5) is 5.82 Å². The van der Waals surface area contributed by atoms with Crippen molar-refractivity contribution in [1.29, 1.82) is 0 Å². The van der Waals surface area contributed by atoms with Gasteiger partial charge in [0.05, 0.1) is 17.6 Å². The average molecular weight is 268 g/mol. The van der Waals surface area contributed by atoms with Crippen LogP contribution in [0.3, 0.4) is 0 Å². The minimum absolute atomic E-state index is 0.521. The Labute approximate surface area is 116 Å². The van der Waals surface area contributed by atoms with Gasteiger partial charge in [-0.1, -0.05) is 0 Å². The van der Waals surface area contributed by atoms with Crippen molar-refractivity contribution in [2.45, 2.75) is 27.3 Å². The molecule has 2 N–H and O–H groups in total. The van der Waals surface area contributed by atoms with E-state index in [0.717, 1.165) is 33.8 Å². The summed E-state index contributed by atoms with van der Waals surface area (Å²) in [6.07, 6.45) is 3.27. The molecule has 0 bridgehead atoms. The fraction of sp³-hybridized carbons (Fsp3) is 0.286.